The molecule has 0 aromatic carbocycles. The molecule has 0 saturated carbocycles. The van der Waals surface area contributed by atoms with Gasteiger partial charge in [0.2, 0.25) is 0 Å². The third kappa shape index (κ3) is 2.81. The molecule has 0 unspecified atom stereocenters. The first-order valence-corrected chi connectivity index (χ1v) is 4.82. The van der Waals surface area contributed by atoms with Crippen molar-refractivity contribution in [3.8, 4) is 0 Å². The molecular formula is C11H13N3O3. The second kappa shape index (κ2) is 5.11. The smallest absolute Gasteiger partial charge is 0.323 e. The Balaban J connectivity index is 3.29. The summed E-state index contributed by atoms with van der Waals surface area (Å²) in [5.41, 5.74) is 6.51. The Labute approximate surface area is 98.1 Å². The lowest BCUT2D eigenvalue weighted by molar-refractivity contribution is -0.137. The number of carboxylic acid groups (broad SMARTS) is 1. The van der Waals surface area contributed by atoms with Gasteiger partial charge in [-0.2, -0.15) is 0 Å². The Morgan fingerprint density at radius 2 is 2.29 bits per heavy atom. The minimum atomic E-state index is -1.03. The van der Waals surface area contributed by atoms with Crippen molar-refractivity contribution in [2.45, 2.75) is 13.5 Å². The fourth-order valence-corrected chi connectivity index (χ4v) is 1.41. The zero-order valence-corrected chi connectivity index (χ0v) is 9.38. The summed E-state index contributed by atoms with van der Waals surface area (Å²) in [6.45, 7) is 4.49. The van der Waals surface area contributed by atoms with Gasteiger partial charge in [0.1, 0.15) is 12.4 Å². The number of nitrogens with zero attached hydrogens (tertiary/aromatic N) is 2. The van der Waals surface area contributed by atoms with E-state index >= 15 is 0 Å². The van der Waals surface area contributed by atoms with Crippen molar-refractivity contribution in [3.63, 3.8) is 0 Å². The molecule has 0 fully saturated rings. The Hall–Kier alpha value is -2.37. The molecule has 17 heavy (non-hydrogen) atoms. The third-order valence-corrected chi connectivity index (χ3v) is 2.15. The highest BCUT2D eigenvalue weighted by Gasteiger charge is 2.16. The molecule has 0 aliphatic heterocycles. The Morgan fingerprint density at radius 3 is 2.76 bits per heavy atom. The summed E-state index contributed by atoms with van der Waals surface area (Å²) in [6.07, 6.45) is 4.10. The van der Waals surface area contributed by atoms with E-state index in [-0.39, 0.29) is 18.1 Å². The van der Waals surface area contributed by atoms with Crippen molar-refractivity contribution in [1.29, 1.82) is 0 Å². The quantitative estimate of drug-likeness (QED) is 0.585. The average Bonchev–Trinajstić information content (AvgIpc) is 2.53. The van der Waals surface area contributed by atoms with Crippen molar-refractivity contribution in [2.75, 3.05) is 5.73 Å². The van der Waals surface area contributed by atoms with E-state index in [2.05, 4.69) is 11.6 Å². The van der Waals surface area contributed by atoms with Crippen LogP contribution in [0.2, 0.25) is 0 Å². The van der Waals surface area contributed by atoms with Crippen LogP contribution in [0.15, 0.2) is 24.0 Å². The molecule has 0 radical (unpaired) electrons. The number of carbonyl (C=O) groups excluding carboxylic acids is 1. The number of hydrogen-bond donors (Lipinski definition) is 2. The van der Waals surface area contributed by atoms with Gasteiger partial charge in [-0.05, 0) is 6.92 Å². The standard InChI is InChI=1S/C11H13N3O3/c1-3-13-4-8-9(7(2)15)5-14(11(8)12)6-10(16)17/h3-5H,1,6,12H2,2H3,(H,16,17)/b13-4-. The zero-order chi connectivity index (χ0) is 13.0. The molecule has 0 saturated heterocycles. The molecule has 0 aliphatic rings. The monoisotopic (exact) mass is 235 g/mol. The van der Waals surface area contributed by atoms with Crippen molar-refractivity contribution in [2.24, 2.45) is 4.99 Å². The number of nitrogen functional groups attached to an aromatic ring is 1. The maximum atomic E-state index is 11.4. The van der Waals surface area contributed by atoms with Gasteiger partial charge in [-0.3, -0.25) is 14.6 Å². The van der Waals surface area contributed by atoms with Gasteiger partial charge >= 0.3 is 5.97 Å². The number of aliphatic carboxylic acids is 1. The fraction of sp³-hybridized carbons (Fsp3) is 0.182. The number of aliphatic imine (C=N–C) groups is 1. The van der Waals surface area contributed by atoms with Crippen molar-refractivity contribution < 1.29 is 14.7 Å². The lowest BCUT2D eigenvalue weighted by Gasteiger charge is -2.01. The Bertz CT molecular complexity index is 500. The second-order valence-electron chi connectivity index (χ2n) is 3.38. The minimum absolute atomic E-state index is 0.197. The molecule has 0 atom stereocenters. The molecule has 1 rings (SSSR count). The van der Waals surface area contributed by atoms with Gasteiger partial charge in [-0.25, -0.2) is 0 Å². The van der Waals surface area contributed by atoms with Crippen LogP contribution in [0.25, 0.3) is 0 Å². The molecule has 0 spiro atoms. The Kier molecular flexibility index (Phi) is 3.82. The highest BCUT2D eigenvalue weighted by Crippen LogP contribution is 2.19. The highest BCUT2D eigenvalue weighted by atomic mass is 16.4. The molecule has 6 heteroatoms. The van der Waals surface area contributed by atoms with Gasteiger partial charge < -0.3 is 15.4 Å². The van der Waals surface area contributed by atoms with Gasteiger partial charge in [0.25, 0.3) is 0 Å². The molecule has 3 N–H and O–H groups in total. The molecule has 90 valence electrons. The topological polar surface area (TPSA) is 97.7 Å². The van der Waals surface area contributed by atoms with Crippen LogP contribution in [0.4, 0.5) is 5.82 Å². The molecule has 1 aromatic heterocycles. The number of anilines is 1. The highest BCUT2D eigenvalue weighted by molar-refractivity contribution is 6.05. The van der Waals surface area contributed by atoms with E-state index in [9.17, 15) is 9.59 Å². The van der Waals surface area contributed by atoms with Gasteiger partial charge in [0, 0.05) is 29.7 Å². The lowest BCUT2D eigenvalue weighted by Crippen LogP contribution is -2.10. The SMILES string of the molecule is C=C/N=C\c1c(C(C)=O)cn(CC(=O)O)c1N. The second-order valence-corrected chi connectivity index (χ2v) is 3.38. The van der Waals surface area contributed by atoms with E-state index in [0.29, 0.717) is 11.1 Å². The Morgan fingerprint density at radius 1 is 1.65 bits per heavy atom. The van der Waals surface area contributed by atoms with Gasteiger partial charge in [0.15, 0.2) is 5.78 Å². The van der Waals surface area contributed by atoms with E-state index in [1.165, 1.54) is 30.1 Å². The summed E-state index contributed by atoms with van der Waals surface area (Å²) < 4.78 is 1.30. The largest absolute Gasteiger partial charge is 0.480 e. The summed E-state index contributed by atoms with van der Waals surface area (Å²) in [6, 6.07) is 0. The third-order valence-electron chi connectivity index (χ3n) is 2.15. The van der Waals surface area contributed by atoms with Gasteiger partial charge in [0.05, 0.1) is 0 Å². The summed E-state index contributed by atoms with van der Waals surface area (Å²) in [4.78, 5) is 25.8. The molecule has 0 amide bonds. The number of carboxylic acids is 1. The predicted octanol–water partition coefficient (Wildman–Crippen LogP) is 0.920. The number of hydrogen-bond acceptors (Lipinski definition) is 4. The van der Waals surface area contributed by atoms with Crippen LogP contribution >= 0.6 is 0 Å². The average molecular weight is 235 g/mol. The molecular weight excluding hydrogens is 222 g/mol. The van der Waals surface area contributed by atoms with Crippen molar-refractivity contribution in [3.05, 3.63) is 30.1 Å². The lowest BCUT2D eigenvalue weighted by atomic mass is 10.1. The van der Waals surface area contributed by atoms with Crippen LogP contribution in [-0.2, 0) is 11.3 Å². The number of rotatable bonds is 5. The predicted molar refractivity (Wildman–Crippen MR) is 64.3 cm³/mol. The maximum Gasteiger partial charge on any atom is 0.323 e. The van der Waals surface area contributed by atoms with E-state index in [1.54, 1.807) is 0 Å². The fourth-order valence-electron chi connectivity index (χ4n) is 1.41. The number of nitrogens with two attached hydrogens (primary N) is 1. The summed E-state index contributed by atoms with van der Waals surface area (Å²) in [5.74, 6) is -1.04. The van der Waals surface area contributed by atoms with E-state index < -0.39 is 5.97 Å². The summed E-state index contributed by atoms with van der Waals surface area (Å²) in [7, 11) is 0. The molecule has 0 aliphatic carbocycles. The number of carbonyl (C=O) groups is 2. The van der Waals surface area contributed by atoms with Crippen LogP contribution in [-0.4, -0.2) is 27.6 Å². The molecule has 1 heterocycles. The van der Waals surface area contributed by atoms with Crippen LogP contribution in [0.3, 0.4) is 0 Å². The van der Waals surface area contributed by atoms with Gasteiger partial charge in [-0.1, -0.05) is 6.58 Å². The summed E-state index contributed by atoms with van der Waals surface area (Å²) in [5, 5.41) is 8.70. The number of aromatic nitrogens is 1. The summed E-state index contributed by atoms with van der Waals surface area (Å²) >= 11 is 0. The first-order valence-electron chi connectivity index (χ1n) is 4.82. The first-order chi connectivity index (χ1) is 7.97. The normalized spacial score (nSPS) is 10.6. The van der Waals surface area contributed by atoms with E-state index in [1.807, 2.05) is 0 Å². The number of Topliss-reactive ketones (excluding diaryl/α,β-unsaturated/α-hetero) is 1. The zero-order valence-electron chi connectivity index (χ0n) is 9.38. The molecule has 6 nitrogen and oxygen atoms in total. The van der Waals surface area contributed by atoms with Crippen LogP contribution in [0, 0.1) is 0 Å². The van der Waals surface area contributed by atoms with Crippen molar-refractivity contribution in [1.82, 2.24) is 4.57 Å². The van der Waals surface area contributed by atoms with Gasteiger partial charge in [-0.15, -0.1) is 0 Å². The molecule has 1 aromatic rings. The van der Waals surface area contributed by atoms with E-state index in [4.69, 9.17) is 10.8 Å². The van der Waals surface area contributed by atoms with Crippen LogP contribution < -0.4 is 5.73 Å². The minimum Gasteiger partial charge on any atom is -0.480 e. The van der Waals surface area contributed by atoms with Crippen molar-refractivity contribution >= 4 is 23.8 Å². The maximum absolute atomic E-state index is 11.4. The number of ketones is 1. The van der Waals surface area contributed by atoms with Crippen LogP contribution in [0.1, 0.15) is 22.8 Å². The van der Waals surface area contributed by atoms with Crippen LogP contribution in [0.5, 0.6) is 0 Å². The van der Waals surface area contributed by atoms with E-state index in [0.717, 1.165) is 0 Å². The molecule has 0 bridgehead atoms. The first kappa shape index (κ1) is 12.7.